The molecule has 0 fully saturated rings. The lowest BCUT2D eigenvalue weighted by molar-refractivity contribution is -0.159. The minimum atomic E-state index is -4.34. The van der Waals surface area contributed by atoms with Gasteiger partial charge in [0.2, 0.25) is 0 Å². The molecule has 0 amide bonds. The largest absolute Gasteiger partial charge is 0.407 e. The van der Waals surface area contributed by atoms with Crippen LogP contribution in [0.2, 0.25) is 0 Å². The van der Waals surface area contributed by atoms with Gasteiger partial charge in [0.25, 0.3) is 0 Å². The molecule has 0 aliphatic carbocycles. The lowest BCUT2D eigenvalue weighted by Crippen LogP contribution is -2.36. The highest BCUT2D eigenvalue weighted by Crippen LogP contribution is 2.34. The summed E-state index contributed by atoms with van der Waals surface area (Å²) in [5.74, 6) is 0. The summed E-state index contributed by atoms with van der Waals surface area (Å²) in [4.78, 5) is 0. The Hall–Kier alpha value is -1.81. The first-order valence-corrected chi connectivity index (χ1v) is 6.83. The van der Waals surface area contributed by atoms with Crippen LogP contribution in [0, 0.1) is 6.92 Å². The van der Waals surface area contributed by atoms with Crippen LogP contribution in [0.4, 0.5) is 13.2 Å². The molecule has 1 N–H and O–H groups in total. The van der Waals surface area contributed by atoms with E-state index in [-0.39, 0.29) is 5.56 Å². The van der Waals surface area contributed by atoms with Crippen molar-refractivity contribution in [3.8, 4) is 0 Å². The maximum atomic E-state index is 13.3. The molecule has 2 aromatic rings. The van der Waals surface area contributed by atoms with Crippen LogP contribution in [-0.4, -0.2) is 6.18 Å². The van der Waals surface area contributed by atoms with Gasteiger partial charge in [-0.25, -0.2) is 0 Å². The molecule has 0 bridgehead atoms. The minimum Gasteiger partial charge on any atom is -0.296 e. The summed E-state index contributed by atoms with van der Waals surface area (Å²) in [6.45, 7) is 3.66. The number of halogens is 3. The van der Waals surface area contributed by atoms with Crippen LogP contribution >= 0.6 is 0 Å². The van der Waals surface area contributed by atoms with Gasteiger partial charge >= 0.3 is 6.18 Å². The first-order chi connectivity index (χ1) is 9.89. The molecule has 112 valence electrons. The number of hydrogen-bond donors (Lipinski definition) is 1. The average Bonchev–Trinajstić information content (AvgIpc) is 2.44. The molecule has 4 heteroatoms. The summed E-state index contributed by atoms with van der Waals surface area (Å²) in [5.41, 5.74) is 2.08. The highest BCUT2D eigenvalue weighted by atomic mass is 19.4. The smallest absolute Gasteiger partial charge is 0.296 e. The standard InChI is InChI=1S/C17H18F3N/c1-12-8-6-7-11-15(12)13(2)21-16(17(18,19)20)14-9-4-3-5-10-14/h3-11,13,16,21H,1-2H3. The van der Waals surface area contributed by atoms with Crippen LogP contribution in [0.15, 0.2) is 54.6 Å². The first-order valence-electron chi connectivity index (χ1n) is 6.83. The van der Waals surface area contributed by atoms with Crippen LogP contribution < -0.4 is 5.32 Å². The van der Waals surface area contributed by atoms with Gasteiger partial charge in [0.05, 0.1) is 0 Å². The van der Waals surface area contributed by atoms with Gasteiger partial charge in [-0.2, -0.15) is 13.2 Å². The van der Waals surface area contributed by atoms with Crippen LogP contribution in [-0.2, 0) is 0 Å². The van der Waals surface area contributed by atoms with Crippen LogP contribution in [0.3, 0.4) is 0 Å². The summed E-state index contributed by atoms with van der Waals surface area (Å²) in [6, 6.07) is 13.3. The maximum absolute atomic E-state index is 13.3. The number of alkyl halides is 3. The zero-order valence-electron chi connectivity index (χ0n) is 12.0. The van der Waals surface area contributed by atoms with Gasteiger partial charge in [-0.3, -0.25) is 5.32 Å². The molecule has 0 aliphatic heterocycles. The van der Waals surface area contributed by atoms with E-state index in [0.717, 1.165) is 11.1 Å². The van der Waals surface area contributed by atoms with Crippen LogP contribution in [0.5, 0.6) is 0 Å². The molecule has 2 atom stereocenters. The van der Waals surface area contributed by atoms with Crippen molar-refractivity contribution in [2.45, 2.75) is 32.1 Å². The van der Waals surface area contributed by atoms with Gasteiger partial charge in [-0.05, 0) is 30.5 Å². The topological polar surface area (TPSA) is 12.0 Å². The highest BCUT2D eigenvalue weighted by molar-refractivity contribution is 5.29. The maximum Gasteiger partial charge on any atom is 0.407 e. The summed E-state index contributed by atoms with van der Waals surface area (Å²) >= 11 is 0. The Labute approximate surface area is 122 Å². The summed E-state index contributed by atoms with van der Waals surface area (Å²) in [7, 11) is 0. The zero-order valence-corrected chi connectivity index (χ0v) is 12.0. The Morgan fingerprint density at radius 2 is 1.48 bits per heavy atom. The number of benzene rings is 2. The monoisotopic (exact) mass is 293 g/mol. The predicted octanol–water partition coefficient (Wildman–Crippen LogP) is 4.95. The van der Waals surface area contributed by atoms with E-state index in [2.05, 4.69) is 5.32 Å². The SMILES string of the molecule is Cc1ccccc1C(C)NC(c1ccccc1)C(F)(F)F. The van der Waals surface area contributed by atoms with E-state index in [4.69, 9.17) is 0 Å². The van der Waals surface area contributed by atoms with Gasteiger partial charge in [-0.15, -0.1) is 0 Å². The molecule has 0 aliphatic rings. The second kappa shape index (κ2) is 6.31. The molecule has 1 nitrogen and oxygen atoms in total. The van der Waals surface area contributed by atoms with Gasteiger partial charge in [0.1, 0.15) is 6.04 Å². The van der Waals surface area contributed by atoms with E-state index >= 15 is 0 Å². The molecule has 0 aromatic heterocycles. The Kier molecular flexibility index (Phi) is 4.68. The van der Waals surface area contributed by atoms with Crippen molar-refractivity contribution in [1.82, 2.24) is 5.32 Å². The average molecular weight is 293 g/mol. The quantitative estimate of drug-likeness (QED) is 0.841. The zero-order chi connectivity index (χ0) is 15.5. The Morgan fingerprint density at radius 3 is 2.05 bits per heavy atom. The number of hydrogen-bond acceptors (Lipinski definition) is 1. The van der Waals surface area contributed by atoms with Crippen molar-refractivity contribution >= 4 is 0 Å². The molecule has 0 radical (unpaired) electrons. The van der Waals surface area contributed by atoms with Crippen molar-refractivity contribution in [2.75, 3.05) is 0 Å². The summed E-state index contributed by atoms with van der Waals surface area (Å²) in [5, 5.41) is 2.71. The van der Waals surface area contributed by atoms with Gasteiger partial charge in [-0.1, -0.05) is 54.6 Å². The third-order valence-electron chi connectivity index (χ3n) is 3.53. The molecule has 0 spiro atoms. The van der Waals surface area contributed by atoms with Crippen LogP contribution in [0.1, 0.15) is 35.7 Å². The molecule has 2 aromatic carbocycles. The fourth-order valence-corrected chi connectivity index (χ4v) is 2.44. The highest BCUT2D eigenvalue weighted by Gasteiger charge is 2.41. The minimum absolute atomic E-state index is 0.227. The van der Waals surface area contributed by atoms with Crippen molar-refractivity contribution in [3.63, 3.8) is 0 Å². The molecular weight excluding hydrogens is 275 g/mol. The Morgan fingerprint density at radius 1 is 0.905 bits per heavy atom. The van der Waals surface area contributed by atoms with E-state index in [1.54, 1.807) is 25.1 Å². The predicted molar refractivity (Wildman–Crippen MR) is 78.0 cm³/mol. The number of aryl methyl sites for hydroxylation is 1. The lowest BCUT2D eigenvalue weighted by Gasteiger charge is -2.27. The Balaban J connectivity index is 2.26. The third kappa shape index (κ3) is 3.85. The molecule has 2 unspecified atom stereocenters. The molecule has 0 saturated heterocycles. The second-order valence-electron chi connectivity index (χ2n) is 5.13. The van der Waals surface area contributed by atoms with E-state index in [1.807, 2.05) is 31.2 Å². The van der Waals surface area contributed by atoms with E-state index < -0.39 is 18.3 Å². The fourth-order valence-electron chi connectivity index (χ4n) is 2.44. The Bertz CT molecular complexity index is 578. The van der Waals surface area contributed by atoms with Gasteiger partial charge in [0.15, 0.2) is 0 Å². The molecule has 0 saturated carbocycles. The fraction of sp³-hybridized carbons (Fsp3) is 0.294. The lowest BCUT2D eigenvalue weighted by atomic mass is 9.99. The van der Waals surface area contributed by atoms with Crippen molar-refractivity contribution in [3.05, 3.63) is 71.3 Å². The molecule has 2 rings (SSSR count). The van der Waals surface area contributed by atoms with Crippen molar-refractivity contribution in [1.29, 1.82) is 0 Å². The third-order valence-corrected chi connectivity index (χ3v) is 3.53. The van der Waals surface area contributed by atoms with Gasteiger partial charge < -0.3 is 0 Å². The van der Waals surface area contributed by atoms with E-state index in [9.17, 15) is 13.2 Å². The van der Waals surface area contributed by atoms with E-state index in [1.165, 1.54) is 12.1 Å². The second-order valence-corrected chi connectivity index (χ2v) is 5.13. The molecule has 21 heavy (non-hydrogen) atoms. The first kappa shape index (κ1) is 15.6. The van der Waals surface area contributed by atoms with E-state index in [0.29, 0.717) is 0 Å². The normalized spacial score (nSPS) is 14.7. The summed E-state index contributed by atoms with van der Waals surface area (Å²) < 4.78 is 40.0. The van der Waals surface area contributed by atoms with Crippen LogP contribution in [0.25, 0.3) is 0 Å². The van der Waals surface area contributed by atoms with Crippen molar-refractivity contribution in [2.24, 2.45) is 0 Å². The molecular formula is C17H18F3N. The number of nitrogens with one attached hydrogen (secondary N) is 1. The van der Waals surface area contributed by atoms with Crippen molar-refractivity contribution < 1.29 is 13.2 Å². The summed E-state index contributed by atoms with van der Waals surface area (Å²) in [6.07, 6.45) is -4.34. The van der Waals surface area contributed by atoms with Gasteiger partial charge in [0, 0.05) is 6.04 Å². The number of rotatable bonds is 4. The molecule has 0 heterocycles.